The number of thiophene rings is 1. The second-order valence-electron chi connectivity index (χ2n) is 7.32. The average Bonchev–Trinajstić information content (AvgIpc) is 3.06. The number of fused-ring (bicyclic) bond motifs is 1. The lowest BCUT2D eigenvalue weighted by atomic mass is 10.1. The minimum Gasteiger partial charge on any atom is -0.544 e. The molecule has 0 unspecified atom stereocenters. The number of piperidine rings is 1. The molecule has 1 saturated heterocycles. The Kier molecular flexibility index (Phi) is 5.64. The summed E-state index contributed by atoms with van der Waals surface area (Å²) in [6.45, 7) is 4.74. The van der Waals surface area contributed by atoms with E-state index < -0.39 is 5.97 Å². The van der Waals surface area contributed by atoms with Crippen molar-refractivity contribution in [3.05, 3.63) is 40.5 Å². The fourth-order valence-electron chi connectivity index (χ4n) is 3.87. The third kappa shape index (κ3) is 4.04. The highest BCUT2D eigenvalue weighted by molar-refractivity contribution is 7.20. The van der Waals surface area contributed by atoms with Gasteiger partial charge in [0.15, 0.2) is 5.82 Å². The van der Waals surface area contributed by atoms with E-state index in [2.05, 4.69) is 5.32 Å². The number of aromatic carboxylic acids is 1. The van der Waals surface area contributed by atoms with Crippen molar-refractivity contribution in [2.45, 2.75) is 32.7 Å². The van der Waals surface area contributed by atoms with Crippen molar-refractivity contribution in [1.29, 1.82) is 0 Å². The average molecular weight is 413 g/mol. The van der Waals surface area contributed by atoms with Crippen LogP contribution in [0.25, 0.3) is 10.2 Å². The van der Waals surface area contributed by atoms with Crippen LogP contribution in [0.15, 0.2) is 24.3 Å². The van der Waals surface area contributed by atoms with Crippen molar-refractivity contribution in [3.8, 4) is 5.75 Å². The normalized spacial score (nSPS) is 14.8. The minimum absolute atomic E-state index is 0.194. The Morgan fingerprint density at radius 2 is 2.00 bits per heavy atom. The molecule has 1 fully saturated rings. The van der Waals surface area contributed by atoms with E-state index in [1.54, 1.807) is 14.0 Å². The topological polar surface area (TPSA) is 91.6 Å². The Balaban J connectivity index is 1.79. The van der Waals surface area contributed by atoms with Gasteiger partial charge in [-0.2, -0.15) is 0 Å². The molecule has 0 atom stereocenters. The van der Waals surface area contributed by atoms with Gasteiger partial charge in [0.25, 0.3) is 0 Å². The summed E-state index contributed by atoms with van der Waals surface area (Å²) in [6, 6.07) is 7.58. The van der Waals surface area contributed by atoms with Crippen molar-refractivity contribution in [3.63, 3.8) is 0 Å². The molecule has 2 aromatic heterocycles. The van der Waals surface area contributed by atoms with Crippen LogP contribution in [0.3, 0.4) is 0 Å². The predicted molar refractivity (Wildman–Crippen MR) is 111 cm³/mol. The summed E-state index contributed by atoms with van der Waals surface area (Å²) in [4.78, 5) is 23.4. The van der Waals surface area contributed by atoms with Crippen LogP contribution >= 0.6 is 11.3 Å². The predicted octanol–water partition coefficient (Wildman–Crippen LogP) is 1.68. The number of quaternary nitrogens is 1. The summed E-state index contributed by atoms with van der Waals surface area (Å²) < 4.78 is 5.44. The molecule has 29 heavy (non-hydrogen) atoms. The maximum Gasteiger partial charge on any atom is 0.187 e. The number of nitrogens with one attached hydrogen (secondary N) is 2. The second-order valence-corrected chi connectivity index (χ2v) is 8.32. The quantitative estimate of drug-likeness (QED) is 0.640. The molecule has 0 bridgehead atoms. The molecule has 0 radical (unpaired) electrons. The zero-order valence-corrected chi connectivity index (χ0v) is 17.4. The first-order valence-electron chi connectivity index (χ1n) is 9.81. The number of aryl methyl sites for hydroxylation is 1. The molecular formula is C21H24N4O3S. The first-order valence-corrected chi connectivity index (χ1v) is 10.6. The number of carbonyl (C=O) groups is 1. The Morgan fingerprint density at radius 3 is 2.72 bits per heavy atom. The number of aromatic nitrogens is 2. The number of ether oxygens (including phenoxy) is 1. The molecule has 3 heterocycles. The zero-order chi connectivity index (χ0) is 20.4. The largest absolute Gasteiger partial charge is 0.544 e. The van der Waals surface area contributed by atoms with Gasteiger partial charge in [0.2, 0.25) is 0 Å². The molecule has 152 valence electrons. The molecule has 1 aromatic carbocycles. The fourth-order valence-corrected chi connectivity index (χ4v) is 4.91. The third-order valence-electron chi connectivity index (χ3n) is 5.35. The van der Waals surface area contributed by atoms with E-state index in [9.17, 15) is 9.90 Å². The van der Waals surface area contributed by atoms with Gasteiger partial charge >= 0.3 is 0 Å². The monoisotopic (exact) mass is 412 g/mol. The van der Waals surface area contributed by atoms with Crippen LogP contribution in [0.4, 0.5) is 11.5 Å². The Labute approximate surface area is 173 Å². The van der Waals surface area contributed by atoms with Crippen molar-refractivity contribution >= 4 is 39.0 Å². The lowest BCUT2D eigenvalue weighted by Crippen LogP contribution is -3.11. The van der Waals surface area contributed by atoms with E-state index in [0.29, 0.717) is 22.0 Å². The standard InChI is InChI=1S/C21H24N4O3S/c1-13-17-19(22-14-8-4-5-9-15(14)28-2)23-16(12-25-10-6-3-7-11-25)24-20(17)29-18(13)21(26)27/h4-5,8-9H,3,6-7,10-12H2,1-2H3,(H,26,27)(H,22,23,24). The molecule has 0 amide bonds. The number of benzene rings is 1. The van der Waals surface area contributed by atoms with E-state index in [0.717, 1.165) is 47.9 Å². The first kappa shape index (κ1) is 19.6. The number of para-hydroxylation sites is 2. The Bertz CT molecular complexity index is 1040. The molecule has 0 saturated carbocycles. The van der Waals surface area contributed by atoms with Crippen LogP contribution in [-0.4, -0.2) is 36.1 Å². The highest BCUT2D eigenvalue weighted by Gasteiger charge is 2.21. The zero-order valence-electron chi connectivity index (χ0n) is 16.6. The van der Waals surface area contributed by atoms with Crippen molar-refractivity contribution in [1.82, 2.24) is 9.97 Å². The minimum atomic E-state index is -1.18. The van der Waals surface area contributed by atoms with Gasteiger partial charge in [0.1, 0.15) is 22.9 Å². The summed E-state index contributed by atoms with van der Waals surface area (Å²) in [7, 11) is 1.62. The van der Waals surface area contributed by atoms with E-state index in [4.69, 9.17) is 14.7 Å². The van der Waals surface area contributed by atoms with Crippen LogP contribution in [0.5, 0.6) is 5.75 Å². The van der Waals surface area contributed by atoms with Crippen LogP contribution < -0.4 is 20.1 Å². The number of hydrogen-bond acceptors (Lipinski definition) is 7. The van der Waals surface area contributed by atoms with E-state index in [-0.39, 0.29) is 4.88 Å². The van der Waals surface area contributed by atoms with E-state index in [1.807, 2.05) is 24.3 Å². The van der Waals surface area contributed by atoms with Gasteiger partial charge in [-0.15, -0.1) is 11.3 Å². The molecular weight excluding hydrogens is 388 g/mol. The summed E-state index contributed by atoms with van der Waals surface area (Å²) in [5, 5.41) is 15.6. The molecule has 3 aromatic rings. The third-order valence-corrected chi connectivity index (χ3v) is 6.52. The van der Waals surface area contributed by atoms with Crippen LogP contribution in [0, 0.1) is 6.92 Å². The highest BCUT2D eigenvalue weighted by atomic mass is 32.1. The molecule has 4 rings (SSSR count). The van der Waals surface area contributed by atoms with Crippen molar-refractivity contribution in [2.75, 3.05) is 25.5 Å². The SMILES string of the molecule is COc1ccccc1Nc1nc(C[NH+]2CCCCC2)nc2sc(C(=O)[O-])c(C)c12. The summed E-state index contributed by atoms with van der Waals surface area (Å²) in [6.07, 6.45) is 3.72. The molecule has 7 nitrogen and oxygen atoms in total. The van der Waals surface area contributed by atoms with Crippen LogP contribution in [-0.2, 0) is 6.54 Å². The fraction of sp³-hybridized carbons (Fsp3) is 0.381. The summed E-state index contributed by atoms with van der Waals surface area (Å²) in [5.74, 6) is 0.831. The number of likely N-dealkylation sites (tertiary alicyclic amines) is 1. The number of anilines is 2. The number of carboxylic acids is 1. The van der Waals surface area contributed by atoms with Gasteiger partial charge in [-0.1, -0.05) is 12.1 Å². The Hall–Kier alpha value is -2.71. The molecule has 8 heteroatoms. The molecule has 0 aliphatic carbocycles. The summed E-state index contributed by atoms with van der Waals surface area (Å²) in [5.41, 5.74) is 1.39. The van der Waals surface area contributed by atoms with Gasteiger partial charge in [-0.25, -0.2) is 9.97 Å². The van der Waals surface area contributed by atoms with Crippen molar-refractivity contribution < 1.29 is 19.5 Å². The number of hydrogen-bond donors (Lipinski definition) is 2. The Morgan fingerprint density at radius 1 is 1.24 bits per heavy atom. The number of carboxylic acid groups (broad SMARTS) is 1. The lowest BCUT2D eigenvalue weighted by Gasteiger charge is -2.23. The first-order chi connectivity index (χ1) is 14.1. The molecule has 2 N–H and O–H groups in total. The van der Waals surface area contributed by atoms with Crippen molar-refractivity contribution in [2.24, 2.45) is 0 Å². The smallest absolute Gasteiger partial charge is 0.187 e. The molecule has 0 spiro atoms. The van der Waals surface area contributed by atoms with Gasteiger partial charge < -0.3 is 24.9 Å². The maximum absolute atomic E-state index is 11.6. The lowest BCUT2D eigenvalue weighted by molar-refractivity contribution is -0.919. The summed E-state index contributed by atoms with van der Waals surface area (Å²) >= 11 is 1.15. The van der Waals surface area contributed by atoms with Gasteiger partial charge in [-0.3, -0.25) is 0 Å². The number of methoxy groups -OCH3 is 1. The van der Waals surface area contributed by atoms with E-state index in [1.165, 1.54) is 24.2 Å². The number of rotatable bonds is 6. The molecule has 1 aliphatic rings. The van der Waals surface area contributed by atoms with Crippen LogP contribution in [0.2, 0.25) is 0 Å². The number of carbonyl (C=O) groups excluding carboxylic acids is 1. The molecule has 1 aliphatic heterocycles. The maximum atomic E-state index is 11.6. The van der Waals surface area contributed by atoms with E-state index >= 15 is 0 Å². The van der Waals surface area contributed by atoms with Gasteiger partial charge in [-0.05, 0) is 43.9 Å². The highest BCUT2D eigenvalue weighted by Crippen LogP contribution is 2.36. The number of nitrogens with zero attached hydrogens (tertiary/aromatic N) is 2. The van der Waals surface area contributed by atoms with Gasteiger partial charge in [0.05, 0.1) is 42.1 Å². The second kappa shape index (κ2) is 8.34. The van der Waals surface area contributed by atoms with Gasteiger partial charge in [0, 0.05) is 0 Å². The van der Waals surface area contributed by atoms with Crippen LogP contribution in [0.1, 0.15) is 40.3 Å².